The fourth-order valence-electron chi connectivity index (χ4n) is 5.39. The van der Waals surface area contributed by atoms with E-state index in [2.05, 4.69) is 42.0 Å². The highest BCUT2D eigenvalue weighted by Gasteiger charge is 2.34. The highest BCUT2D eigenvalue weighted by Crippen LogP contribution is 2.27. The Kier molecular flexibility index (Phi) is 8.52. The number of benzene rings is 2. The van der Waals surface area contributed by atoms with E-state index in [9.17, 15) is 19.2 Å². The minimum Gasteiger partial charge on any atom is -0.341 e. The van der Waals surface area contributed by atoms with E-state index >= 15 is 0 Å². The van der Waals surface area contributed by atoms with Gasteiger partial charge < -0.3 is 15.5 Å². The Hall–Kier alpha value is -4.67. The fourth-order valence-corrected chi connectivity index (χ4v) is 5.39. The Morgan fingerprint density at radius 3 is 2.28 bits per heavy atom. The molecule has 0 aliphatic carbocycles. The first-order valence-electron chi connectivity index (χ1n) is 14.7. The lowest BCUT2D eigenvalue weighted by atomic mass is 9.89. The van der Waals surface area contributed by atoms with Crippen molar-refractivity contribution in [2.75, 3.05) is 23.7 Å². The van der Waals surface area contributed by atoms with E-state index in [4.69, 9.17) is 5.10 Å². The number of amides is 6. The van der Waals surface area contributed by atoms with Crippen molar-refractivity contribution in [2.24, 2.45) is 5.92 Å². The third kappa shape index (κ3) is 7.40. The third-order valence-corrected chi connectivity index (χ3v) is 7.91. The molecule has 11 nitrogen and oxygen atoms in total. The molecule has 2 saturated heterocycles. The fraction of sp³-hybridized carbons (Fsp3) is 0.406. The van der Waals surface area contributed by atoms with Gasteiger partial charge in [0.05, 0.1) is 17.8 Å². The Bertz CT molecular complexity index is 1480. The molecule has 2 fully saturated rings. The van der Waals surface area contributed by atoms with Gasteiger partial charge in [0, 0.05) is 30.3 Å². The van der Waals surface area contributed by atoms with Crippen LogP contribution in [0.25, 0.3) is 5.69 Å². The van der Waals surface area contributed by atoms with Gasteiger partial charge in [-0.25, -0.2) is 14.3 Å². The minimum atomic E-state index is -0.793. The number of aromatic nitrogens is 2. The maximum atomic E-state index is 13.0. The van der Waals surface area contributed by atoms with Gasteiger partial charge in [-0.05, 0) is 61.9 Å². The summed E-state index contributed by atoms with van der Waals surface area (Å²) in [5, 5.41) is 15.3. The maximum absolute atomic E-state index is 13.0. The van der Waals surface area contributed by atoms with Crippen LogP contribution in [0.5, 0.6) is 0 Å². The van der Waals surface area contributed by atoms with Crippen molar-refractivity contribution in [3.05, 3.63) is 71.4 Å². The molecule has 2 aliphatic heterocycles. The largest absolute Gasteiger partial charge is 0.341 e. The Labute approximate surface area is 251 Å². The molecule has 43 heavy (non-hydrogen) atoms. The second-order valence-corrected chi connectivity index (χ2v) is 12.4. The lowest BCUT2D eigenvalue weighted by molar-refractivity contribution is -0.137. The number of hydrogen-bond acceptors (Lipinski definition) is 5. The van der Waals surface area contributed by atoms with Crippen molar-refractivity contribution in [3.8, 4) is 5.69 Å². The second-order valence-electron chi connectivity index (χ2n) is 12.4. The molecule has 1 atom stereocenters. The summed E-state index contributed by atoms with van der Waals surface area (Å²) < 4.78 is 1.75. The minimum absolute atomic E-state index is 0.0305. The number of carbonyl (C=O) groups excluding carboxylic acids is 4. The molecule has 226 valence electrons. The number of imide groups is 1. The highest BCUT2D eigenvalue weighted by atomic mass is 16.2. The number of anilines is 2. The monoisotopic (exact) mass is 585 g/mol. The van der Waals surface area contributed by atoms with E-state index in [0.29, 0.717) is 30.5 Å². The molecule has 0 bridgehead atoms. The van der Waals surface area contributed by atoms with E-state index < -0.39 is 18.0 Å². The smallest absolute Gasteiger partial charge is 0.324 e. The van der Waals surface area contributed by atoms with Gasteiger partial charge in [-0.3, -0.25) is 20.2 Å². The molecule has 1 aromatic heterocycles. The van der Waals surface area contributed by atoms with Crippen LogP contribution in [0.2, 0.25) is 0 Å². The first kappa shape index (κ1) is 29.8. The van der Waals surface area contributed by atoms with Crippen molar-refractivity contribution in [1.82, 2.24) is 25.3 Å². The molecule has 11 heteroatoms. The Balaban J connectivity index is 1.14. The van der Waals surface area contributed by atoms with E-state index in [1.54, 1.807) is 9.58 Å². The van der Waals surface area contributed by atoms with Crippen molar-refractivity contribution in [2.45, 2.75) is 64.8 Å². The maximum Gasteiger partial charge on any atom is 0.324 e. The number of carbonyl (C=O) groups is 4. The summed E-state index contributed by atoms with van der Waals surface area (Å²) in [4.78, 5) is 50.7. The average Bonchev–Trinajstić information content (AvgIpc) is 3.38. The number of aryl methyl sites for hydroxylation is 1. The van der Waals surface area contributed by atoms with Crippen LogP contribution in [-0.4, -0.2) is 57.7 Å². The SMILES string of the molecule is Cc1ccc(-n2nc(C(C)(C)C)cc2NC(=O)Nc2ccc(CC3CCN(C(=O)[C@@H]4CC(=O)NC(=O)N4)CC3)cc2)cc1. The average molecular weight is 586 g/mol. The van der Waals surface area contributed by atoms with Crippen LogP contribution in [0, 0.1) is 12.8 Å². The molecule has 4 N–H and O–H groups in total. The lowest BCUT2D eigenvalue weighted by Gasteiger charge is -2.35. The van der Waals surface area contributed by atoms with E-state index in [0.717, 1.165) is 41.8 Å². The normalized spacial score (nSPS) is 17.7. The molecular weight excluding hydrogens is 546 g/mol. The summed E-state index contributed by atoms with van der Waals surface area (Å²) >= 11 is 0. The number of hydrogen-bond donors (Lipinski definition) is 4. The highest BCUT2D eigenvalue weighted by molar-refractivity contribution is 6.02. The zero-order valence-electron chi connectivity index (χ0n) is 25.1. The van der Waals surface area contributed by atoms with Crippen LogP contribution in [-0.2, 0) is 21.4 Å². The molecule has 2 aliphatic rings. The summed E-state index contributed by atoms with van der Waals surface area (Å²) in [6.07, 6.45) is 2.51. The molecule has 0 saturated carbocycles. The van der Waals surface area contributed by atoms with E-state index in [1.165, 1.54) is 0 Å². The Morgan fingerprint density at radius 1 is 0.977 bits per heavy atom. The summed E-state index contributed by atoms with van der Waals surface area (Å²) in [7, 11) is 0. The van der Waals surface area contributed by atoms with E-state index in [-0.39, 0.29) is 23.8 Å². The first-order chi connectivity index (χ1) is 20.4. The predicted octanol–water partition coefficient (Wildman–Crippen LogP) is 4.50. The van der Waals surface area contributed by atoms with Gasteiger partial charge in [0.2, 0.25) is 11.8 Å². The second kappa shape index (κ2) is 12.3. The van der Waals surface area contributed by atoms with Crippen LogP contribution < -0.4 is 21.3 Å². The summed E-state index contributed by atoms with van der Waals surface area (Å²) in [5.74, 6) is 0.360. The number of likely N-dealkylation sites (tertiary alicyclic amines) is 1. The molecule has 0 radical (unpaired) electrons. The van der Waals surface area contributed by atoms with Crippen LogP contribution in [0.15, 0.2) is 54.6 Å². The van der Waals surface area contributed by atoms with Crippen LogP contribution in [0.3, 0.4) is 0 Å². The number of nitrogens with one attached hydrogen (secondary N) is 4. The topological polar surface area (TPSA) is 137 Å². The predicted molar refractivity (Wildman–Crippen MR) is 164 cm³/mol. The van der Waals surface area contributed by atoms with Crippen molar-refractivity contribution in [3.63, 3.8) is 0 Å². The summed E-state index contributed by atoms with van der Waals surface area (Å²) in [5.41, 5.74) is 4.53. The van der Waals surface area contributed by atoms with Gasteiger partial charge in [-0.2, -0.15) is 5.10 Å². The third-order valence-electron chi connectivity index (χ3n) is 7.91. The number of piperidine rings is 1. The Morgan fingerprint density at radius 2 is 1.65 bits per heavy atom. The van der Waals surface area contributed by atoms with Crippen LogP contribution in [0.4, 0.5) is 21.1 Å². The zero-order chi connectivity index (χ0) is 30.7. The lowest BCUT2D eigenvalue weighted by Crippen LogP contribution is -2.59. The van der Waals surface area contributed by atoms with Crippen molar-refractivity contribution >= 4 is 35.4 Å². The number of urea groups is 2. The molecule has 6 amide bonds. The molecule has 3 heterocycles. The van der Waals surface area contributed by atoms with Crippen molar-refractivity contribution < 1.29 is 19.2 Å². The number of nitrogens with zero attached hydrogens (tertiary/aromatic N) is 3. The van der Waals surface area contributed by atoms with Gasteiger partial charge in [0.25, 0.3) is 0 Å². The van der Waals surface area contributed by atoms with Crippen LogP contribution in [0.1, 0.15) is 56.9 Å². The van der Waals surface area contributed by atoms with E-state index in [1.807, 2.05) is 61.5 Å². The van der Waals surface area contributed by atoms with Crippen molar-refractivity contribution in [1.29, 1.82) is 0 Å². The van der Waals surface area contributed by atoms with Gasteiger partial charge in [-0.1, -0.05) is 50.6 Å². The first-order valence-corrected chi connectivity index (χ1v) is 14.7. The summed E-state index contributed by atoms with van der Waals surface area (Å²) in [6, 6.07) is 15.9. The van der Waals surface area contributed by atoms with Gasteiger partial charge >= 0.3 is 12.1 Å². The standard InChI is InChI=1S/C32H39N7O4/c1-20-5-11-24(12-6-20)39-27(19-26(37-39)32(2,3)4)35-30(42)33-23-9-7-21(8-10-23)17-22-13-15-38(16-14-22)29(41)25-18-28(40)36-31(43)34-25/h5-12,19,22,25H,13-18H2,1-4H3,(H2,33,35,42)(H2,34,36,40,43)/t25-/m0/s1. The van der Waals surface area contributed by atoms with Gasteiger partial charge in [0.15, 0.2) is 0 Å². The molecule has 0 spiro atoms. The molecular formula is C32H39N7O4. The van der Waals surface area contributed by atoms with Gasteiger partial charge in [-0.15, -0.1) is 0 Å². The van der Waals surface area contributed by atoms with Gasteiger partial charge in [0.1, 0.15) is 11.9 Å². The van der Waals surface area contributed by atoms with Crippen LogP contribution >= 0.6 is 0 Å². The molecule has 5 rings (SSSR count). The molecule has 3 aromatic rings. The molecule has 2 aromatic carbocycles. The summed E-state index contributed by atoms with van der Waals surface area (Å²) in [6.45, 7) is 9.47. The zero-order valence-corrected chi connectivity index (χ0v) is 25.1. The quantitative estimate of drug-likeness (QED) is 0.338. The number of rotatable bonds is 6. The molecule has 0 unspecified atom stereocenters.